The average Bonchev–Trinajstić information content (AvgIpc) is 2.53. The summed E-state index contributed by atoms with van der Waals surface area (Å²) in [5, 5.41) is 12.7. The van der Waals surface area contributed by atoms with E-state index in [9.17, 15) is 5.26 Å². The van der Waals surface area contributed by atoms with E-state index in [2.05, 4.69) is 30.4 Å². The molecule has 0 aliphatic heterocycles. The van der Waals surface area contributed by atoms with Crippen molar-refractivity contribution >= 4 is 12.4 Å². The van der Waals surface area contributed by atoms with Crippen molar-refractivity contribution < 1.29 is 4.74 Å². The summed E-state index contributed by atoms with van der Waals surface area (Å²) in [6.45, 7) is 2.06. The third kappa shape index (κ3) is 4.49. The summed E-state index contributed by atoms with van der Waals surface area (Å²) in [6.07, 6.45) is 0. The normalized spacial score (nSPS) is 12.6. The summed E-state index contributed by atoms with van der Waals surface area (Å²) in [7, 11) is 1.63. The number of ether oxygens (including phenoxy) is 1. The highest BCUT2D eigenvalue weighted by Gasteiger charge is 2.14. The number of rotatable bonds is 5. The molecule has 0 saturated heterocycles. The van der Waals surface area contributed by atoms with Gasteiger partial charge in [0.25, 0.3) is 0 Å². The molecule has 0 heterocycles. The molecule has 2 aromatic carbocycles. The first kappa shape index (κ1) is 17.0. The summed E-state index contributed by atoms with van der Waals surface area (Å²) < 4.78 is 5.13. The fraction of sp³-hybridized carbons (Fsp3) is 0.235. The number of hydrogen-bond donors (Lipinski definition) is 1. The zero-order valence-electron chi connectivity index (χ0n) is 12.1. The van der Waals surface area contributed by atoms with Crippen molar-refractivity contribution in [3.05, 3.63) is 65.7 Å². The van der Waals surface area contributed by atoms with Gasteiger partial charge in [-0.05, 0) is 30.2 Å². The monoisotopic (exact) mass is 302 g/mol. The molecule has 0 aromatic heterocycles. The molecule has 0 saturated carbocycles. The molecule has 21 heavy (non-hydrogen) atoms. The van der Waals surface area contributed by atoms with Crippen LogP contribution in [0.4, 0.5) is 0 Å². The van der Waals surface area contributed by atoms with E-state index >= 15 is 0 Å². The van der Waals surface area contributed by atoms with E-state index in [0.717, 1.165) is 11.3 Å². The molecule has 3 nitrogen and oxygen atoms in total. The highest BCUT2D eigenvalue weighted by atomic mass is 35.5. The second kappa shape index (κ2) is 8.31. The van der Waals surface area contributed by atoms with Gasteiger partial charge in [-0.15, -0.1) is 12.4 Å². The van der Waals surface area contributed by atoms with Crippen LogP contribution < -0.4 is 10.1 Å². The molecule has 0 radical (unpaired) electrons. The second-order valence-electron chi connectivity index (χ2n) is 4.63. The number of methoxy groups -OCH3 is 1. The molecule has 2 atom stereocenters. The molecule has 0 aliphatic rings. The first-order valence-electron chi connectivity index (χ1n) is 6.59. The molecule has 2 rings (SSSR count). The topological polar surface area (TPSA) is 45.0 Å². The Kier molecular flexibility index (Phi) is 6.74. The highest BCUT2D eigenvalue weighted by molar-refractivity contribution is 5.85. The molecule has 1 unspecified atom stereocenters. The van der Waals surface area contributed by atoms with Gasteiger partial charge >= 0.3 is 0 Å². The summed E-state index contributed by atoms with van der Waals surface area (Å²) in [5.74, 6) is 0.793. The minimum absolute atomic E-state index is 0. The Morgan fingerprint density at radius 2 is 1.62 bits per heavy atom. The van der Waals surface area contributed by atoms with Crippen molar-refractivity contribution in [1.82, 2.24) is 5.32 Å². The van der Waals surface area contributed by atoms with Crippen LogP contribution >= 0.6 is 12.4 Å². The van der Waals surface area contributed by atoms with Crippen LogP contribution in [-0.4, -0.2) is 7.11 Å². The van der Waals surface area contributed by atoms with E-state index in [0.29, 0.717) is 0 Å². The number of nitriles is 1. The molecule has 1 N–H and O–H groups in total. The van der Waals surface area contributed by atoms with Gasteiger partial charge in [0, 0.05) is 6.04 Å². The molecular weight excluding hydrogens is 284 g/mol. The molecule has 2 aromatic rings. The number of hydrogen-bond acceptors (Lipinski definition) is 3. The van der Waals surface area contributed by atoms with Crippen molar-refractivity contribution in [2.75, 3.05) is 7.11 Å². The van der Waals surface area contributed by atoms with Gasteiger partial charge in [0.2, 0.25) is 0 Å². The maximum atomic E-state index is 9.36. The Bertz CT molecular complexity index is 578. The molecule has 0 spiro atoms. The van der Waals surface area contributed by atoms with Gasteiger partial charge in [-0.3, -0.25) is 5.32 Å². The SMILES string of the molecule is COc1ccc(C(C#N)N[C@@H](C)c2ccccc2)cc1.Cl. The molecule has 4 heteroatoms. The number of nitrogens with zero attached hydrogens (tertiary/aromatic N) is 1. The third-order valence-electron chi connectivity index (χ3n) is 3.29. The lowest BCUT2D eigenvalue weighted by molar-refractivity contribution is 0.414. The van der Waals surface area contributed by atoms with Crippen LogP contribution in [0, 0.1) is 11.3 Å². The minimum atomic E-state index is -0.337. The van der Waals surface area contributed by atoms with E-state index < -0.39 is 0 Å². The smallest absolute Gasteiger partial charge is 0.121 e. The van der Waals surface area contributed by atoms with E-state index in [4.69, 9.17) is 4.74 Å². The van der Waals surface area contributed by atoms with Crippen LogP contribution in [0.25, 0.3) is 0 Å². The summed E-state index contributed by atoms with van der Waals surface area (Å²) in [4.78, 5) is 0. The average molecular weight is 303 g/mol. The van der Waals surface area contributed by atoms with Crippen molar-refractivity contribution in [3.8, 4) is 11.8 Å². The van der Waals surface area contributed by atoms with Gasteiger partial charge in [0.05, 0.1) is 13.2 Å². The highest BCUT2D eigenvalue weighted by Crippen LogP contribution is 2.21. The van der Waals surface area contributed by atoms with Crippen molar-refractivity contribution in [2.24, 2.45) is 0 Å². The molecule has 0 aliphatic carbocycles. The zero-order chi connectivity index (χ0) is 14.4. The molecule has 0 fully saturated rings. The van der Waals surface area contributed by atoms with Crippen molar-refractivity contribution in [1.29, 1.82) is 5.26 Å². The number of halogens is 1. The lowest BCUT2D eigenvalue weighted by Gasteiger charge is -2.19. The lowest BCUT2D eigenvalue weighted by Crippen LogP contribution is -2.23. The summed E-state index contributed by atoms with van der Waals surface area (Å²) in [5.41, 5.74) is 2.11. The van der Waals surface area contributed by atoms with Gasteiger partial charge in [-0.25, -0.2) is 0 Å². The van der Waals surface area contributed by atoms with Gasteiger partial charge in [0.1, 0.15) is 11.8 Å². The first-order chi connectivity index (χ1) is 9.74. The van der Waals surface area contributed by atoms with Crippen molar-refractivity contribution in [2.45, 2.75) is 19.0 Å². The second-order valence-corrected chi connectivity index (χ2v) is 4.63. The van der Waals surface area contributed by atoms with Crippen LogP contribution in [-0.2, 0) is 0 Å². The van der Waals surface area contributed by atoms with Gasteiger partial charge in [-0.2, -0.15) is 5.26 Å². The molecule has 0 amide bonds. The van der Waals surface area contributed by atoms with E-state index in [-0.39, 0.29) is 24.5 Å². The van der Waals surface area contributed by atoms with E-state index in [1.165, 1.54) is 5.56 Å². The lowest BCUT2D eigenvalue weighted by atomic mass is 10.0. The fourth-order valence-corrected chi connectivity index (χ4v) is 2.09. The Labute approximate surface area is 132 Å². The van der Waals surface area contributed by atoms with Crippen LogP contribution in [0.3, 0.4) is 0 Å². The van der Waals surface area contributed by atoms with Gasteiger partial charge in [-0.1, -0.05) is 42.5 Å². The Morgan fingerprint density at radius 1 is 1.00 bits per heavy atom. The fourth-order valence-electron chi connectivity index (χ4n) is 2.09. The predicted molar refractivity (Wildman–Crippen MR) is 86.6 cm³/mol. The molecular formula is C17H19ClN2O. The first-order valence-corrected chi connectivity index (χ1v) is 6.59. The standard InChI is InChI=1S/C17H18N2O.ClH/c1-13(14-6-4-3-5-7-14)19-17(12-18)15-8-10-16(20-2)11-9-15;/h3-11,13,17,19H,1-2H3;1H/t13-,17?;/m0./s1. The number of benzene rings is 2. The Hall–Kier alpha value is -2.02. The van der Waals surface area contributed by atoms with Crippen molar-refractivity contribution in [3.63, 3.8) is 0 Å². The van der Waals surface area contributed by atoms with Crippen LogP contribution in [0.2, 0.25) is 0 Å². The van der Waals surface area contributed by atoms with Gasteiger partial charge < -0.3 is 4.74 Å². The third-order valence-corrected chi connectivity index (χ3v) is 3.29. The quantitative estimate of drug-likeness (QED) is 0.907. The zero-order valence-corrected chi connectivity index (χ0v) is 12.9. The Morgan fingerprint density at radius 3 is 2.14 bits per heavy atom. The largest absolute Gasteiger partial charge is 0.497 e. The number of nitrogens with one attached hydrogen (secondary N) is 1. The minimum Gasteiger partial charge on any atom is -0.497 e. The van der Waals surface area contributed by atoms with E-state index in [1.54, 1.807) is 7.11 Å². The van der Waals surface area contributed by atoms with Gasteiger partial charge in [0.15, 0.2) is 0 Å². The maximum Gasteiger partial charge on any atom is 0.121 e. The van der Waals surface area contributed by atoms with Crippen LogP contribution in [0.1, 0.15) is 30.1 Å². The predicted octanol–water partition coefficient (Wildman–Crippen LogP) is 4.03. The van der Waals surface area contributed by atoms with Crippen LogP contribution in [0.15, 0.2) is 54.6 Å². The summed E-state index contributed by atoms with van der Waals surface area (Å²) in [6, 6.07) is 19.8. The molecule has 0 bridgehead atoms. The maximum absolute atomic E-state index is 9.36. The van der Waals surface area contributed by atoms with Crippen LogP contribution in [0.5, 0.6) is 5.75 Å². The Balaban J connectivity index is 0.00000220. The molecule has 110 valence electrons. The summed E-state index contributed by atoms with van der Waals surface area (Å²) >= 11 is 0. The van der Waals surface area contributed by atoms with E-state index in [1.807, 2.05) is 42.5 Å².